The highest BCUT2D eigenvalue weighted by Crippen LogP contribution is 2.25. The monoisotopic (exact) mass is 345 g/mol. The Morgan fingerprint density at radius 3 is 2.72 bits per heavy atom. The van der Waals surface area contributed by atoms with Gasteiger partial charge in [-0.25, -0.2) is 4.79 Å². The lowest BCUT2D eigenvalue weighted by Crippen LogP contribution is -2.44. The third-order valence-corrected chi connectivity index (χ3v) is 5.56. The molecule has 1 aliphatic carbocycles. The van der Waals surface area contributed by atoms with Crippen LogP contribution >= 0.6 is 0 Å². The standard InChI is InChI=1S/C20H31N3O2/c1-22(17-9-3-2-4-10-17)14-16-8-5-6-12-19(16)21-20(25)23-13-7-11-18(24)15-23/h5-6,8,12,17-18,24H,2-4,7,9-11,13-15H2,1H3,(H,21,25). The second kappa shape index (κ2) is 8.68. The Hall–Kier alpha value is -1.59. The summed E-state index contributed by atoms with van der Waals surface area (Å²) in [4.78, 5) is 16.7. The number of anilines is 1. The van der Waals surface area contributed by atoms with E-state index in [9.17, 15) is 9.90 Å². The van der Waals surface area contributed by atoms with Gasteiger partial charge in [0.15, 0.2) is 0 Å². The van der Waals surface area contributed by atoms with E-state index < -0.39 is 6.10 Å². The van der Waals surface area contributed by atoms with E-state index in [1.54, 1.807) is 4.90 Å². The SMILES string of the molecule is CN(Cc1ccccc1NC(=O)N1CCCC(O)C1)C1CCCCC1. The molecule has 0 radical (unpaired) electrons. The first-order chi connectivity index (χ1) is 12.1. The zero-order chi connectivity index (χ0) is 17.6. The maximum absolute atomic E-state index is 12.5. The normalized spacial score (nSPS) is 22.2. The van der Waals surface area contributed by atoms with Crippen molar-refractivity contribution in [2.24, 2.45) is 0 Å². The molecule has 0 aromatic heterocycles. The fourth-order valence-corrected chi connectivity index (χ4v) is 4.03. The molecule has 2 N–H and O–H groups in total. The third-order valence-electron chi connectivity index (χ3n) is 5.56. The maximum atomic E-state index is 12.5. The summed E-state index contributed by atoms with van der Waals surface area (Å²) in [6, 6.07) is 8.61. The summed E-state index contributed by atoms with van der Waals surface area (Å²) in [5.41, 5.74) is 2.04. The lowest BCUT2D eigenvalue weighted by molar-refractivity contribution is 0.0883. The van der Waals surface area contributed by atoms with Gasteiger partial charge >= 0.3 is 6.03 Å². The fraction of sp³-hybridized carbons (Fsp3) is 0.650. The van der Waals surface area contributed by atoms with Gasteiger partial charge in [0.2, 0.25) is 0 Å². The quantitative estimate of drug-likeness (QED) is 0.879. The minimum atomic E-state index is -0.396. The largest absolute Gasteiger partial charge is 0.391 e. The first kappa shape index (κ1) is 18.2. The van der Waals surface area contributed by atoms with E-state index in [0.29, 0.717) is 19.1 Å². The fourth-order valence-electron chi connectivity index (χ4n) is 4.03. The number of urea groups is 1. The van der Waals surface area contributed by atoms with Crippen molar-refractivity contribution < 1.29 is 9.90 Å². The van der Waals surface area contributed by atoms with Crippen LogP contribution < -0.4 is 5.32 Å². The molecule has 25 heavy (non-hydrogen) atoms. The highest BCUT2D eigenvalue weighted by molar-refractivity contribution is 5.90. The van der Waals surface area contributed by atoms with Crippen molar-refractivity contribution >= 4 is 11.7 Å². The van der Waals surface area contributed by atoms with E-state index in [1.807, 2.05) is 18.2 Å². The third kappa shape index (κ3) is 4.95. The van der Waals surface area contributed by atoms with Crippen LogP contribution in [0.15, 0.2) is 24.3 Å². The molecule has 2 aliphatic rings. The Kier molecular flexibility index (Phi) is 6.32. The Bertz CT molecular complexity index is 572. The second-order valence-electron chi connectivity index (χ2n) is 7.54. The molecule has 1 unspecified atom stereocenters. The van der Waals surface area contributed by atoms with Crippen molar-refractivity contribution in [3.05, 3.63) is 29.8 Å². The molecule has 5 nitrogen and oxygen atoms in total. The van der Waals surface area contributed by atoms with Gasteiger partial charge in [0, 0.05) is 31.4 Å². The van der Waals surface area contributed by atoms with Crippen molar-refractivity contribution in [1.82, 2.24) is 9.80 Å². The van der Waals surface area contributed by atoms with E-state index >= 15 is 0 Å². The number of rotatable bonds is 4. The molecule has 138 valence electrons. The summed E-state index contributed by atoms with van der Waals surface area (Å²) in [7, 11) is 2.19. The van der Waals surface area contributed by atoms with Gasteiger partial charge in [-0.1, -0.05) is 37.5 Å². The van der Waals surface area contributed by atoms with Gasteiger partial charge in [0.1, 0.15) is 0 Å². The number of β-amino-alcohol motifs (C(OH)–C–C–N with tert-alkyl or cyclic N) is 1. The maximum Gasteiger partial charge on any atom is 0.321 e. The first-order valence-electron chi connectivity index (χ1n) is 9.65. The van der Waals surface area contributed by atoms with Gasteiger partial charge < -0.3 is 15.3 Å². The topological polar surface area (TPSA) is 55.8 Å². The molecular weight excluding hydrogens is 314 g/mol. The minimum Gasteiger partial charge on any atom is -0.391 e. The molecule has 0 spiro atoms. The van der Waals surface area contributed by atoms with Crippen LogP contribution in [0.3, 0.4) is 0 Å². The number of likely N-dealkylation sites (tertiary alicyclic amines) is 1. The van der Waals surface area contributed by atoms with Crippen LogP contribution in [-0.2, 0) is 6.54 Å². The van der Waals surface area contributed by atoms with E-state index in [4.69, 9.17) is 0 Å². The first-order valence-corrected chi connectivity index (χ1v) is 9.65. The van der Waals surface area contributed by atoms with E-state index in [-0.39, 0.29) is 6.03 Å². The van der Waals surface area contributed by atoms with Gasteiger partial charge in [-0.05, 0) is 44.4 Å². The number of piperidine rings is 1. The van der Waals surface area contributed by atoms with Gasteiger partial charge in [0.05, 0.1) is 6.10 Å². The van der Waals surface area contributed by atoms with Crippen LogP contribution in [-0.4, -0.2) is 53.2 Å². The zero-order valence-electron chi connectivity index (χ0n) is 15.3. The molecule has 2 fully saturated rings. The Morgan fingerprint density at radius 1 is 1.20 bits per heavy atom. The van der Waals surface area contributed by atoms with E-state index in [0.717, 1.165) is 30.6 Å². The van der Waals surface area contributed by atoms with Crippen molar-refractivity contribution in [3.8, 4) is 0 Å². The summed E-state index contributed by atoms with van der Waals surface area (Å²) < 4.78 is 0. The molecule has 1 heterocycles. The molecule has 1 atom stereocenters. The number of carbonyl (C=O) groups is 1. The molecule has 1 saturated heterocycles. The lowest BCUT2D eigenvalue weighted by atomic mass is 9.94. The Labute approximate surface area is 151 Å². The molecule has 0 bridgehead atoms. The molecular formula is C20H31N3O2. The van der Waals surface area contributed by atoms with Crippen LogP contribution in [0.5, 0.6) is 0 Å². The van der Waals surface area contributed by atoms with Crippen LogP contribution in [0.4, 0.5) is 10.5 Å². The summed E-state index contributed by atoms with van der Waals surface area (Å²) in [5, 5.41) is 12.8. The van der Waals surface area contributed by atoms with Crippen LogP contribution in [0.25, 0.3) is 0 Å². The number of aliphatic hydroxyl groups excluding tert-OH is 1. The number of nitrogens with zero attached hydrogens (tertiary/aromatic N) is 2. The van der Waals surface area contributed by atoms with Crippen molar-refractivity contribution in [2.75, 3.05) is 25.5 Å². The molecule has 1 aromatic carbocycles. The highest BCUT2D eigenvalue weighted by Gasteiger charge is 2.23. The minimum absolute atomic E-state index is 0.105. The summed E-state index contributed by atoms with van der Waals surface area (Å²) >= 11 is 0. The van der Waals surface area contributed by atoms with Crippen LogP contribution in [0, 0.1) is 0 Å². The number of aliphatic hydroxyl groups is 1. The number of para-hydroxylation sites is 1. The molecule has 1 aliphatic heterocycles. The van der Waals surface area contributed by atoms with Crippen molar-refractivity contribution in [1.29, 1.82) is 0 Å². The molecule has 5 heteroatoms. The van der Waals surface area contributed by atoms with E-state index in [1.165, 1.54) is 32.1 Å². The lowest BCUT2D eigenvalue weighted by Gasteiger charge is -2.32. The molecule has 1 saturated carbocycles. The zero-order valence-corrected chi connectivity index (χ0v) is 15.3. The number of hydrogen-bond acceptors (Lipinski definition) is 3. The van der Waals surface area contributed by atoms with Gasteiger partial charge in [-0.2, -0.15) is 0 Å². The predicted octanol–water partition coefficient (Wildman–Crippen LogP) is 3.44. The summed E-state index contributed by atoms with van der Waals surface area (Å²) in [6.45, 7) is 1.99. The smallest absolute Gasteiger partial charge is 0.321 e. The number of nitrogens with one attached hydrogen (secondary N) is 1. The van der Waals surface area contributed by atoms with Gasteiger partial charge in [0.25, 0.3) is 0 Å². The molecule has 2 amide bonds. The summed E-state index contributed by atoms with van der Waals surface area (Å²) in [5.74, 6) is 0. The van der Waals surface area contributed by atoms with Crippen molar-refractivity contribution in [3.63, 3.8) is 0 Å². The molecule has 1 aromatic rings. The number of carbonyl (C=O) groups excluding carboxylic acids is 1. The van der Waals surface area contributed by atoms with Gasteiger partial charge in [-0.3, -0.25) is 4.90 Å². The van der Waals surface area contributed by atoms with Crippen LogP contribution in [0.2, 0.25) is 0 Å². The highest BCUT2D eigenvalue weighted by atomic mass is 16.3. The Morgan fingerprint density at radius 2 is 1.96 bits per heavy atom. The van der Waals surface area contributed by atoms with E-state index in [2.05, 4.69) is 23.3 Å². The van der Waals surface area contributed by atoms with Crippen molar-refractivity contribution in [2.45, 2.75) is 63.6 Å². The van der Waals surface area contributed by atoms with Crippen LogP contribution in [0.1, 0.15) is 50.5 Å². The average Bonchev–Trinajstić information content (AvgIpc) is 2.64. The Balaban J connectivity index is 1.62. The number of benzene rings is 1. The average molecular weight is 345 g/mol. The second-order valence-corrected chi connectivity index (χ2v) is 7.54. The van der Waals surface area contributed by atoms with Gasteiger partial charge in [-0.15, -0.1) is 0 Å². The summed E-state index contributed by atoms with van der Waals surface area (Å²) in [6.07, 6.45) is 7.81. The predicted molar refractivity (Wildman–Crippen MR) is 101 cm³/mol. The number of hydrogen-bond donors (Lipinski definition) is 2. The molecule has 3 rings (SSSR count). The number of amides is 2.